The molecule has 0 bridgehead atoms. The van der Waals surface area contributed by atoms with Crippen molar-refractivity contribution in [2.75, 3.05) is 0 Å². The summed E-state index contributed by atoms with van der Waals surface area (Å²) in [5.41, 5.74) is 7.74. The molecule has 0 heterocycles. The van der Waals surface area contributed by atoms with Gasteiger partial charge in [-0.2, -0.15) is 0 Å². The van der Waals surface area contributed by atoms with Gasteiger partial charge >= 0.3 is 0 Å². The van der Waals surface area contributed by atoms with Crippen LogP contribution in [0.4, 0.5) is 0 Å². The second-order valence-corrected chi connectivity index (χ2v) is 8.76. The van der Waals surface area contributed by atoms with Crippen LogP contribution >= 0.6 is 0 Å². The van der Waals surface area contributed by atoms with Crippen molar-refractivity contribution in [2.45, 2.75) is 76.5 Å². The summed E-state index contributed by atoms with van der Waals surface area (Å²) in [7, 11) is 0. The van der Waals surface area contributed by atoms with Crippen LogP contribution in [0.25, 0.3) is 0 Å². The molecule has 0 aromatic heterocycles. The first-order chi connectivity index (χ1) is 10.5. The van der Waals surface area contributed by atoms with E-state index in [1.54, 1.807) is 0 Å². The van der Waals surface area contributed by atoms with Gasteiger partial charge in [0.1, 0.15) is 0 Å². The average Bonchev–Trinajstić information content (AvgIpc) is 2.68. The van der Waals surface area contributed by atoms with E-state index in [1.165, 1.54) is 31.3 Å². The average molecular weight is 305 g/mol. The van der Waals surface area contributed by atoms with E-state index >= 15 is 0 Å². The third-order valence-corrected chi connectivity index (χ3v) is 7.74. The van der Waals surface area contributed by atoms with Crippen LogP contribution in [-0.4, -0.2) is 28.5 Å². The number of nitrogens with two attached hydrogens (primary N) is 1. The number of aliphatic hydroxyl groups excluding tert-OH is 2. The lowest BCUT2D eigenvalue weighted by Gasteiger charge is -2.46. The van der Waals surface area contributed by atoms with Crippen molar-refractivity contribution < 1.29 is 10.2 Å². The van der Waals surface area contributed by atoms with Crippen molar-refractivity contribution >= 4 is 0 Å². The first-order valence-corrected chi connectivity index (χ1v) is 9.31. The number of allylic oxidation sites excluding steroid dienone is 1. The topological polar surface area (TPSA) is 66.5 Å². The fraction of sp³-hybridized carbons (Fsp3) is 0.895. The quantitative estimate of drug-likeness (QED) is 0.603. The van der Waals surface area contributed by atoms with Crippen LogP contribution < -0.4 is 5.73 Å². The van der Waals surface area contributed by atoms with Crippen LogP contribution in [0.3, 0.4) is 0 Å². The van der Waals surface area contributed by atoms with E-state index in [0.717, 1.165) is 31.6 Å². The molecule has 4 N–H and O–H groups in total. The molecule has 4 aliphatic carbocycles. The highest BCUT2D eigenvalue weighted by Gasteiger charge is 2.53. The maximum Gasteiger partial charge on any atom is 0.0728 e. The minimum Gasteiger partial charge on any atom is -0.393 e. The van der Waals surface area contributed by atoms with Crippen molar-refractivity contribution in [3.8, 4) is 0 Å². The maximum absolute atomic E-state index is 10.5. The van der Waals surface area contributed by atoms with Gasteiger partial charge in [-0.05, 0) is 80.5 Å². The highest BCUT2D eigenvalue weighted by molar-refractivity contribution is 5.19. The van der Waals surface area contributed by atoms with E-state index in [0.29, 0.717) is 17.8 Å². The fourth-order valence-corrected chi connectivity index (χ4v) is 6.28. The van der Waals surface area contributed by atoms with Crippen LogP contribution in [-0.2, 0) is 0 Å². The van der Waals surface area contributed by atoms with E-state index in [-0.39, 0.29) is 23.7 Å². The van der Waals surface area contributed by atoms with Gasteiger partial charge < -0.3 is 15.9 Å². The zero-order chi connectivity index (χ0) is 15.5. The fourth-order valence-electron chi connectivity index (χ4n) is 6.28. The Morgan fingerprint density at radius 1 is 1.14 bits per heavy atom. The molecule has 4 rings (SSSR count). The van der Waals surface area contributed by atoms with E-state index in [1.807, 2.05) is 0 Å². The lowest BCUT2D eigenvalue weighted by Crippen LogP contribution is -2.42. The molecule has 7 unspecified atom stereocenters. The van der Waals surface area contributed by atoms with Gasteiger partial charge in [0.05, 0.1) is 12.2 Å². The normalized spacial score (nSPS) is 54.7. The molecule has 0 radical (unpaired) electrons. The maximum atomic E-state index is 10.5. The Labute approximate surface area is 134 Å². The van der Waals surface area contributed by atoms with Gasteiger partial charge in [0, 0.05) is 6.04 Å². The van der Waals surface area contributed by atoms with Gasteiger partial charge in [-0.3, -0.25) is 0 Å². The summed E-state index contributed by atoms with van der Waals surface area (Å²) in [6.07, 6.45) is 10.9. The van der Waals surface area contributed by atoms with Gasteiger partial charge in [-0.15, -0.1) is 0 Å². The summed E-state index contributed by atoms with van der Waals surface area (Å²) in [6, 6.07) is -0.0409. The van der Waals surface area contributed by atoms with Crippen molar-refractivity contribution in [1.82, 2.24) is 0 Å². The molecule has 3 saturated carbocycles. The summed E-state index contributed by atoms with van der Waals surface area (Å²) in [4.78, 5) is 0. The Hall–Kier alpha value is -0.380. The Bertz CT molecular complexity index is 476. The number of hydrogen-bond donors (Lipinski definition) is 3. The predicted molar refractivity (Wildman–Crippen MR) is 87.1 cm³/mol. The molecule has 0 aromatic rings. The van der Waals surface area contributed by atoms with E-state index < -0.39 is 0 Å². The van der Waals surface area contributed by atoms with Gasteiger partial charge in [-0.1, -0.05) is 18.6 Å². The number of rotatable bonds is 0. The molecule has 22 heavy (non-hydrogen) atoms. The molecule has 8 atom stereocenters. The highest BCUT2D eigenvalue weighted by Crippen LogP contribution is 2.59. The lowest BCUT2D eigenvalue weighted by molar-refractivity contribution is -0.0262. The summed E-state index contributed by atoms with van der Waals surface area (Å²) >= 11 is 0. The van der Waals surface area contributed by atoms with Gasteiger partial charge in [-0.25, -0.2) is 0 Å². The predicted octanol–water partition coefficient (Wildman–Crippen LogP) is 2.61. The summed E-state index contributed by atoms with van der Waals surface area (Å²) in [5.74, 6) is 2.70. The summed E-state index contributed by atoms with van der Waals surface area (Å²) in [6.45, 7) is 2.33. The van der Waals surface area contributed by atoms with Crippen LogP contribution in [0, 0.1) is 29.1 Å². The minimum atomic E-state index is -0.346. The Morgan fingerprint density at radius 2 is 1.95 bits per heavy atom. The van der Waals surface area contributed by atoms with E-state index in [9.17, 15) is 10.2 Å². The molecular formula is C19H31NO2. The smallest absolute Gasteiger partial charge is 0.0728 e. The Morgan fingerprint density at radius 3 is 2.77 bits per heavy atom. The zero-order valence-electron chi connectivity index (χ0n) is 13.7. The Kier molecular flexibility index (Phi) is 3.67. The molecule has 0 aliphatic heterocycles. The van der Waals surface area contributed by atoms with Crippen molar-refractivity contribution in [3.63, 3.8) is 0 Å². The van der Waals surface area contributed by atoms with Crippen LogP contribution in [0.1, 0.15) is 58.3 Å². The third kappa shape index (κ3) is 2.20. The largest absolute Gasteiger partial charge is 0.393 e. The summed E-state index contributed by atoms with van der Waals surface area (Å²) < 4.78 is 0. The molecule has 3 fully saturated rings. The zero-order valence-corrected chi connectivity index (χ0v) is 13.7. The molecule has 0 spiro atoms. The molecule has 124 valence electrons. The third-order valence-electron chi connectivity index (χ3n) is 7.74. The van der Waals surface area contributed by atoms with Crippen molar-refractivity contribution in [3.05, 3.63) is 11.6 Å². The Balaban J connectivity index is 1.60. The van der Waals surface area contributed by atoms with Gasteiger partial charge in [0.2, 0.25) is 0 Å². The molecule has 0 amide bonds. The summed E-state index contributed by atoms with van der Waals surface area (Å²) in [5, 5.41) is 20.6. The SMILES string of the molecule is CC12CCC3C=C4CC(O)[C@@H](N)CC4CCC3C1CCC2O. The molecule has 0 aromatic carbocycles. The number of fused-ring (bicyclic) bond motifs is 4. The van der Waals surface area contributed by atoms with Crippen LogP contribution in [0.2, 0.25) is 0 Å². The first kappa shape index (κ1) is 15.2. The van der Waals surface area contributed by atoms with Gasteiger partial charge in [0.25, 0.3) is 0 Å². The van der Waals surface area contributed by atoms with Crippen LogP contribution in [0.15, 0.2) is 11.6 Å². The monoisotopic (exact) mass is 305 g/mol. The lowest BCUT2D eigenvalue weighted by atomic mass is 9.59. The van der Waals surface area contributed by atoms with Crippen molar-refractivity contribution in [1.29, 1.82) is 0 Å². The second-order valence-electron chi connectivity index (χ2n) is 8.76. The van der Waals surface area contributed by atoms with E-state index in [2.05, 4.69) is 13.0 Å². The molecule has 4 aliphatic rings. The first-order valence-electron chi connectivity index (χ1n) is 9.31. The van der Waals surface area contributed by atoms with Crippen molar-refractivity contribution in [2.24, 2.45) is 34.8 Å². The number of aliphatic hydroxyl groups is 2. The van der Waals surface area contributed by atoms with Crippen LogP contribution in [0.5, 0.6) is 0 Å². The van der Waals surface area contributed by atoms with E-state index in [4.69, 9.17) is 5.73 Å². The van der Waals surface area contributed by atoms with Gasteiger partial charge in [0.15, 0.2) is 0 Å². The highest BCUT2D eigenvalue weighted by atomic mass is 16.3. The second kappa shape index (κ2) is 5.32. The minimum absolute atomic E-state index is 0.0409. The number of hydrogen-bond acceptors (Lipinski definition) is 3. The standard InChI is InChI=1S/C19H31NO2/c1-19-7-6-12-8-13-10-17(21)16(20)9-11(13)2-3-14(12)15(19)4-5-18(19)22/h8,11-12,14-18,21-22H,2-7,9-10,20H2,1H3/t11?,12?,14?,15?,16-,17?,18?,19?/m0/s1. The molecule has 3 nitrogen and oxygen atoms in total. The molecular weight excluding hydrogens is 274 g/mol. The molecule has 3 heteroatoms. The molecule has 0 saturated heterocycles.